The molecule has 0 aliphatic heterocycles. The van der Waals surface area contributed by atoms with Crippen molar-refractivity contribution < 1.29 is 9.90 Å². The lowest BCUT2D eigenvalue weighted by Crippen LogP contribution is -2.34. The predicted molar refractivity (Wildman–Crippen MR) is 78.7 cm³/mol. The lowest BCUT2D eigenvalue weighted by atomic mass is 10.2. The quantitative estimate of drug-likeness (QED) is 0.885. The molecule has 20 heavy (non-hydrogen) atoms. The van der Waals surface area contributed by atoms with Gasteiger partial charge in [-0.3, -0.25) is 9.48 Å². The van der Waals surface area contributed by atoms with Crippen molar-refractivity contribution in [1.29, 1.82) is 0 Å². The van der Waals surface area contributed by atoms with Crippen LogP contribution >= 0.6 is 11.3 Å². The molecule has 1 amide bonds. The van der Waals surface area contributed by atoms with E-state index in [0.717, 1.165) is 17.0 Å². The number of thiophene rings is 1. The van der Waals surface area contributed by atoms with Gasteiger partial charge in [-0.25, -0.2) is 0 Å². The van der Waals surface area contributed by atoms with Gasteiger partial charge in [0.1, 0.15) is 6.04 Å². The first-order valence-electron chi connectivity index (χ1n) is 6.49. The van der Waals surface area contributed by atoms with E-state index in [2.05, 4.69) is 10.4 Å². The highest BCUT2D eigenvalue weighted by Crippen LogP contribution is 2.16. The van der Waals surface area contributed by atoms with E-state index in [9.17, 15) is 9.90 Å². The maximum atomic E-state index is 12.1. The molecule has 108 valence electrons. The summed E-state index contributed by atoms with van der Waals surface area (Å²) in [6.45, 7) is 5.82. The van der Waals surface area contributed by atoms with Crippen LogP contribution in [-0.4, -0.2) is 27.3 Å². The van der Waals surface area contributed by atoms with Crippen LogP contribution in [0.2, 0.25) is 0 Å². The lowest BCUT2D eigenvalue weighted by molar-refractivity contribution is -0.124. The lowest BCUT2D eigenvalue weighted by Gasteiger charge is -2.16. The zero-order chi connectivity index (χ0) is 14.7. The second-order valence-corrected chi connectivity index (χ2v) is 5.65. The third-order valence-corrected chi connectivity index (χ3v) is 3.89. The molecule has 0 saturated carbocycles. The van der Waals surface area contributed by atoms with Gasteiger partial charge < -0.3 is 10.4 Å². The number of hydrogen-bond donors (Lipinski definition) is 2. The molecule has 0 radical (unpaired) electrons. The van der Waals surface area contributed by atoms with Crippen molar-refractivity contribution in [3.63, 3.8) is 0 Å². The third kappa shape index (κ3) is 3.26. The molecule has 5 nitrogen and oxygen atoms in total. The third-order valence-electron chi connectivity index (χ3n) is 3.19. The summed E-state index contributed by atoms with van der Waals surface area (Å²) in [5.41, 5.74) is 2.66. The Balaban J connectivity index is 1.93. The van der Waals surface area contributed by atoms with Crippen LogP contribution in [0.3, 0.4) is 0 Å². The number of nitrogens with one attached hydrogen (secondary N) is 1. The molecule has 0 aliphatic rings. The van der Waals surface area contributed by atoms with Crippen molar-refractivity contribution in [3.05, 3.63) is 39.8 Å². The number of aryl methyl sites for hydroxylation is 2. The second-order valence-electron chi connectivity index (χ2n) is 4.87. The van der Waals surface area contributed by atoms with E-state index in [4.69, 9.17) is 0 Å². The van der Waals surface area contributed by atoms with Crippen molar-refractivity contribution in [2.45, 2.75) is 32.9 Å². The van der Waals surface area contributed by atoms with Gasteiger partial charge in [-0.15, -0.1) is 0 Å². The van der Waals surface area contributed by atoms with E-state index < -0.39 is 12.1 Å². The molecule has 0 spiro atoms. The molecule has 6 heteroatoms. The van der Waals surface area contributed by atoms with Crippen molar-refractivity contribution in [2.24, 2.45) is 0 Å². The molecule has 0 bridgehead atoms. The van der Waals surface area contributed by atoms with E-state index in [0.29, 0.717) is 0 Å². The van der Waals surface area contributed by atoms with Crippen LogP contribution in [0.15, 0.2) is 22.9 Å². The summed E-state index contributed by atoms with van der Waals surface area (Å²) in [4.78, 5) is 12.1. The highest BCUT2D eigenvalue weighted by atomic mass is 32.1. The Labute approximate surface area is 122 Å². The van der Waals surface area contributed by atoms with Crippen LogP contribution in [0.1, 0.15) is 36.0 Å². The molecule has 0 saturated heterocycles. The predicted octanol–water partition coefficient (Wildman–Crippen LogP) is 1.97. The van der Waals surface area contributed by atoms with Gasteiger partial charge in [-0.2, -0.15) is 16.4 Å². The average molecular weight is 293 g/mol. The highest BCUT2D eigenvalue weighted by molar-refractivity contribution is 7.07. The first-order valence-corrected chi connectivity index (χ1v) is 7.44. The average Bonchev–Trinajstić information content (AvgIpc) is 3.04. The maximum Gasteiger partial charge on any atom is 0.244 e. The zero-order valence-electron chi connectivity index (χ0n) is 11.8. The number of carbonyl (C=O) groups is 1. The fraction of sp³-hybridized carbons (Fsp3) is 0.429. The number of aromatic nitrogens is 2. The van der Waals surface area contributed by atoms with Gasteiger partial charge >= 0.3 is 0 Å². The van der Waals surface area contributed by atoms with E-state index in [1.807, 2.05) is 36.7 Å². The molecular weight excluding hydrogens is 274 g/mol. The number of nitrogens with zero attached hydrogens (tertiary/aromatic N) is 2. The van der Waals surface area contributed by atoms with Crippen molar-refractivity contribution in [1.82, 2.24) is 15.1 Å². The van der Waals surface area contributed by atoms with Gasteiger partial charge in [0.05, 0.1) is 11.8 Å². The second kappa shape index (κ2) is 6.19. The maximum absolute atomic E-state index is 12.1. The number of carbonyl (C=O) groups excluding carboxylic acids is 1. The molecule has 2 aromatic heterocycles. The van der Waals surface area contributed by atoms with Crippen LogP contribution in [0, 0.1) is 13.8 Å². The van der Waals surface area contributed by atoms with Gasteiger partial charge in [0, 0.05) is 12.2 Å². The molecular formula is C14H19N3O2S. The van der Waals surface area contributed by atoms with Crippen LogP contribution < -0.4 is 5.32 Å². The number of aliphatic hydroxyl groups is 1. The Kier molecular flexibility index (Phi) is 4.57. The summed E-state index contributed by atoms with van der Waals surface area (Å²) < 4.78 is 1.70. The van der Waals surface area contributed by atoms with Gasteiger partial charge in [0.2, 0.25) is 5.91 Å². The van der Waals surface area contributed by atoms with Crippen LogP contribution in [0.5, 0.6) is 0 Å². The summed E-state index contributed by atoms with van der Waals surface area (Å²) in [7, 11) is 0. The monoisotopic (exact) mass is 293 g/mol. The van der Waals surface area contributed by atoms with Crippen LogP contribution in [-0.2, 0) is 4.79 Å². The minimum Gasteiger partial charge on any atom is -0.387 e. The summed E-state index contributed by atoms with van der Waals surface area (Å²) in [6, 6.07) is 3.40. The Morgan fingerprint density at radius 3 is 2.85 bits per heavy atom. The Morgan fingerprint density at radius 1 is 1.55 bits per heavy atom. The van der Waals surface area contributed by atoms with Gasteiger partial charge in [-0.05, 0) is 49.2 Å². The summed E-state index contributed by atoms with van der Waals surface area (Å²) >= 11 is 1.52. The van der Waals surface area contributed by atoms with Crippen LogP contribution in [0.25, 0.3) is 0 Å². The molecule has 2 unspecified atom stereocenters. The van der Waals surface area contributed by atoms with Crippen molar-refractivity contribution in [2.75, 3.05) is 6.54 Å². The SMILES string of the molecule is Cc1cc(C)n(C(C)C(=O)NCC(O)c2ccsc2)n1. The van der Waals surface area contributed by atoms with E-state index in [1.165, 1.54) is 11.3 Å². The smallest absolute Gasteiger partial charge is 0.244 e. The van der Waals surface area contributed by atoms with Gasteiger partial charge in [0.25, 0.3) is 0 Å². The number of amides is 1. The normalized spacial score (nSPS) is 14.0. The topological polar surface area (TPSA) is 67.2 Å². The number of rotatable bonds is 5. The largest absolute Gasteiger partial charge is 0.387 e. The fourth-order valence-corrected chi connectivity index (χ4v) is 2.78. The summed E-state index contributed by atoms with van der Waals surface area (Å²) in [5, 5.41) is 20.8. The first kappa shape index (κ1) is 14.7. The minimum absolute atomic E-state index is 0.148. The molecule has 2 N–H and O–H groups in total. The molecule has 0 aliphatic carbocycles. The van der Waals surface area contributed by atoms with Gasteiger partial charge in [0.15, 0.2) is 0 Å². The summed E-state index contributed by atoms with van der Waals surface area (Å²) in [5.74, 6) is -0.148. The molecule has 0 fully saturated rings. The molecule has 2 aromatic rings. The highest BCUT2D eigenvalue weighted by Gasteiger charge is 2.18. The van der Waals surface area contributed by atoms with Crippen molar-refractivity contribution >= 4 is 17.2 Å². The van der Waals surface area contributed by atoms with Crippen molar-refractivity contribution in [3.8, 4) is 0 Å². The Bertz CT molecular complexity index is 577. The Morgan fingerprint density at radius 2 is 2.30 bits per heavy atom. The van der Waals surface area contributed by atoms with E-state index >= 15 is 0 Å². The summed E-state index contributed by atoms with van der Waals surface area (Å²) in [6.07, 6.45) is -0.669. The molecule has 2 rings (SSSR count). The standard InChI is InChI=1S/C14H19N3O2S/c1-9-6-10(2)17(16-9)11(3)14(19)15-7-13(18)12-4-5-20-8-12/h4-6,8,11,13,18H,7H2,1-3H3,(H,15,19). The van der Waals surface area contributed by atoms with E-state index in [1.54, 1.807) is 11.6 Å². The first-order chi connectivity index (χ1) is 9.49. The fourth-order valence-electron chi connectivity index (χ4n) is 2.08. The molecule has 0 aromatic carbocycles. The van der Waals surface area contributed by atoms with Crippen LogP contribution in [0.4, 0.5) is 0 Å². The van der Waals surface area contributed by atoms with Gasteiger partial charge in [-0.1, -0.05) is 0 Å². The Hall–Kier alpha value is -1.66. The number of aliphatic hydroxyl groups excluding tert-OH is 1. The number of hydrogen-bond acceptors (Lipinski definition) is 4. The molecule has 2 heterocycles. The molecule has 2 atom stereocenters. The van der Waals surface area contributed by atoms with E-state index in [-0.39, 0.29) is 12.5 Å². The zero-order valence-corrected chi connectivity index (χ0v) is 12.6. The minimum atomic E-state index is -0.669.